The summed E-state index contributed by atoms with van der Waals surface area (Å²) in [4.78, 5) is 0. The summed E-state index contributed by atoms with van der Waals surface area (Å²) in [6.45, 7) is 3.94. The lowest BCUT2D eigenvalue weighted by Gasteiger charge is -2.28. The van der Waals surface area contributed by atoms with Crippen molar-refractivity contribution in [3.05, 3.63) is 35.4 Å². The monoisotopic (exact) mass is 276 g/mol. The quantitative estimate of drug-likeness (QED) is 0.593. The molecule has 2 rings (SSSR count). The third-order valence-electron chi connectivity index (χ3n) is 4.83. The molecule has 1 aliphatic carbocycles. The molecule has 0 heterocycles. The topological polar surface area (TPSA) is 0 Å². The molecule has 1 aromatic carbocycles. The summed E-state index contributed by atoms with van der Waals surface area (Å²) in [5.74, 6) is 1.74. The zero-order valence-electron chi connectivity index (χ0n) is 13.1. The molecular formula is C19H29F. The average Bonchev–Trinajstić information content (AvgIpc) is 2.47. The summed E-state index contributed by atoms with van der Waals surface area (Å²) in [5.41, 5.74) is 2.77. The maximum absolute atomic E-state index is 12.9. The number of aryl methyl sites for hydroxylation is 1. The average molecular weight is 276 g/mol. The van der Waals surface area contributed by atoms with Crippen LogP contribution >= 0.6 is 0 Å². The van der Waals surface area contributed by atoms with Crippen molar-refractivity contribution in [3.8, 4) is 0 Å². The van der Waals surface area contributed by atoms with Crippen molar-refractivity contribution < 1.29 is 4.39 Å². The van der Waals surface area contributed by atoms with E-state index >= 15 is 0 Å². The van der Waals surface area contributed by atoms with Crippen LogP contribution in [0.2, 0.25) is 0 Å². The van der Waals surface area contributed by atoms with Crippen molar-refractivity contribution in [2.24, 2.45) is 5.92 Å². The molecule has 20 heavy (non-hydrogen) atoms. The van der Waals surface area contributed by atoms with Crippen LogP contribution in [0.5, 0.6) is 0 Å². The summed E-state index contributed by atoms with van der Waals surface area (Å²) in [5, 5.41) is 0. The second-order valence-corrected chi connectivity index (χ2v) is 6.57. The lowest BCUT2D eigenvalue weighted by atomic mass is 9.77. The van der Waals surface area contributed by atoms with Crippen molar-refractivity contribution in [2.75, 3.05) is 0 Å². The second-order valence-electron chi connectivity index (χ2n) is 6.57. The number of benzene rings is 1. The first kappa shape index (κ1) is 15.5. The van der Waals surface area contributed by atoms with Crippen LogP contribution < -0.4 is 0 Å². The van der Waals surface area contributed by atoms with Gasteiger partial charge in [-0.05, 0) is 68.4 Å². The molecule has 1 aromatic rings. The SMILES string of the molecule is CCCC1CCC(c2ccc(CCC(C)F)cc2)CC1. The Morgan fingerprint density at radius 3 is 2.30 bits per heavy atom. The first-order valence-electron chi connectivity index (χ1n) is 8.42. The molecule has 0 saturated heterocycles. The van der Waals surface area contributed by atoms with Crippen molar-refractivity contribution in [2.45, 2.75) is 77.3 Å². The molecule has 112 valence electrons. The van der Waals surface area contributed by atoms with Gasteiger partial charge < -0.3 is 0 Å². The molecule has 0 radical (unpaired) electrons. The minimum Gasteiger partial charge on any atom is -0.248 e. The van der Waals surface area contributed by atoms with Crippen LogP contribution in [-0.4, -0.2) is 6.17 Å². The van der Waals surface area contributed by atoms with E-state index in [1.807, 2.05) is 0 Å². The third kappa shape index (κ3) is 4.61. The largest absolute Gasteiger partial charge is 0.248 e. The van der Waals surface area contributed by atoms with Crippen LogP contribution in [0.15, 0.2) is 24.3 Å². The van der Waals surface area contributed by atoms with Gasteiger partial charge in [-0.3, -0.25) is 0 Å². The van der Waals surface area contributed by atoms with Crippen molar-refractivity contribution in [1.82, 2.24) is 0 Å². The molecule has 1 unspecified atom stereocenters. The van der Waals surface area contributed by atoms with Crippen molar-refractivity contribution >= 4 is 0 Å². The molecule has 0 bridgehead atoms. The molecule has 0 spiro atoms. The fourth-order valence-corrected chi connectivity index (χ4v) is 3.51. The van der Waals surface area contributed by atoms with E-state index in [1.54, 1.807) is 6.92 Å². The fourth-order valence-electron chi connectivity index (χ4n) is 3.51. The van der Waals surface area contributed by atoms with Gasteiger partial charge in [0.05, 0.1) is 6.17 Å². The van der Waals surface area contributed by atoms with Gasteiger partial charge in [0.2, 0.25) is 0 Å². The minimum absolute atomic E-state index is 0.640. The summed E-state index contributed by atoms with van der Waals surface area (Å²) in [6.07, 6.45) is 9.06. The van der Waals surface area contributed by atoms with Gasteiger partial charge in [0, 0.05) is 0 Å². The highest BCUT2D eigenvalue weighted by molar-refractivity contribution is 5.26. The van der Waals surface area contributed by atoms with E-state index in [-0.39, 0.29) is 0 Å². The zero-order valence-corrected chi connectivity index (χ0v) is 13.1. The molecule has 1 atom stereocenters. The predicted molar refractivity (Wildman–Crippen MR) is 84.9 cm³/mol. The number of rotatable bonds is 6. The highest BCUT2D eigenvalue weighted by Gasteiger charge is 2.21. The molecule has 0 nitrogen and oxygen atoms in total. The van der Waals surface area contributed by atoms with Gasteiger partial charge in [0.25, 0.3) is 0 Å². The number of hydrogen-bond acceptors (Lipinski definition) is 0. The third-order valence-corrected chi connectivity index (χ3v) is 4.83. The van der Waals surface area contributed by atoms with Crippen LogP contribution in [-0.2, 0) is 6.42 Å². The highest BCUT2D eigenvalue weighted by atomic mass is 19.1. The fraction of sp³-hybridized carbons (Fsp3) is 0.684. The Morgan fingerprint density at radius 1 is 1.10 bits per heavy atom. The normalized spacial score (nSPS) is 24.6. The zero-order chi connectivity index (χ0) is 14.4. The number of alkyl halides is 1. The number of halogens is 1. The summed E-state index contributed by atoms with van der Waals surface area (Å²) in [6, 6.07) is 8.97. The maximum Gasteiger partial charge on any atom is 0.0976 e. The molecule has 1 saturated carbocycles. The van der Waals surface area contributed by atoms with E-state index in [0.717, 1.165) is 18.3 Å². The maximum atomic E-state index is 12.9. The summed E-state index contributed by atoms with van der Waals surface area (Å²) in [7, 11) is 0. The van der Waals surface area contributed by atoms with E-state index in [4.69, 9.17) is 0 Å². The molecule has 1 aliphatic rings. The summed E-state index contributed by atoms with van der Waals surface area (Å²) < 4.78 is 12.9. The van der Waals surface area contributed by atoms with E-state index in [1.165, 1.54) is 49.7 Å². The molecule has 1 fully saturated rings. The Bertz CT molecular complexity index is 371. The molecule has 1 heteroatoms. The molecule has 0 aromatic heterocycles. The van der Waals surface area contributed by atoms with Gasteiger partial charge in [-0.25, -0.2) is 4.39 Å². The van der Waals surface area contributed by atoms with E-state index in [2.05, 4.69) is 31.2 Å². The van der Waals surface area contributed by atoms with Crippen LogP contribution in [0.4, 0.5) is 4.39 Å². The van der Waals surface area contributed by atoms with Crippen molar-refractivity contribution in [3.63, 3.8) is 0 Å². The minimum atomic E-state index is -0.691. The Kier molecular flexibility index (Phi) is 6.06. The molecular weight excluding hydrogens is 247 g/mol. The smallest absolute Gasteiger partial charge is 0.0976 e. The van der Waals surface area contributed by atoms with E-state index < -0.39 is 6.17 Å². The van der Waals surface area contributed by atoms with Gasteiger partial charge in [-0.2, -0.15) is 0 Å². The second kappa shape index (κ2) is 7.81. The Hall–Kier alpha value is -0.850. The number of hydrogen-bond donors (Lipinski definition) is 0. The first-order chi connectivity index (χ1) is 9.69. The van der Waals surface area contributed by atoms with Gasteiger partial charge in [0.1, 0.15) is 0 Å². The van der Waals surface area contributed by atoms with Crippen LogP contribution in [0, 0.1) is 5.92 Å². The molecule has 0 amide bonds. The van der Waals surface area contributed by atoms with Gasteiger partial charge in [0.15, 0.2) is 0 Å². The van der Waals surface area contributed by atoms with E-state index in [0.29, 0.717) is 6.42 Å². The van der Waals surface area contributed by atoms with Crippen LogP contribution in [0.1, 0.15) is 75.8 Å². The Morgan fingerprint density at radius 2 is 1.75 bits per heavy atom. The Balaban J connectivity index is 1.84. The van der Waals surface area contributed by atoms with Gasteiger partial charge in [-0.1, -0.05) is 44.0 Å². The highest BCUT2D eigenvalue weighted by Crippen LogP contribution is 2.37. The molecule has 0 aliphatic heterocycles. The lowest BCUT2D eigenvalue weighted by Crippen LogP contribution is -2.13. The Labute approximate surface area is 123 Å². The predicted octanol–water partition coefficient (Wildman–Crippen LogP) is 6.05. The first-order valence-corrected chi connectivity index (χ1v) is 8.42. The van der Waals surface area contributed by atoms with Gasteiger partial charge in [-0.15, -0.1) is 0 Å². The van der Waals surface area contributed by atoms with Gasteiger partial charge >= 0.3 is 0 Å². The lowest BCUT2D eigenvalue weighted by molar-refractivity contribution is 0.308. The standard InChI is InChI=1S/C19H29F/c1-3-4-16-7-11-18(12-8-16)19-13-9-17(10-14-19)6-5-15(2)20/h9-10,13-16,18H,3-8,11-12H2,1-2H3. The van der Waals surface area contributed by atoms with Crippen LogP contribution in [0.25, 0.3) is 0 Å². The van der Waals surface area contributed by atoms with Crippen LogP contribution in [0.3, 0.4) is 0 Å². The van der Waals surface area contributed by atoms with Crippen molar-refractivity contribution in [1.29, 1.82) is 0 Å². The summed E-state index contributed by atoms with van der Waals surface area (Å²) >= 11 is 0. The molecule has 0 N–H and O–H groups in total. The van der Waals surface area contributed by atoms with E-state index in [9.17, 15) is 4.39 Å².